The number of thiocarbonyl (C=S) groups is 1. The number of nitrogens with zero attached hydrogens (tertiary/aromatic N) is 4. The quantitative estimate of drug-likeness (QED) is 0.234. The number of non-ortho nitro benzene ring substituents is 1. The van der Waals surface area contributed by atoms with E-state index in [0.29, 0.717) is 10.8 Å². The summed E-state index contributed by atoms with van der Waals surface area (Å²) in [5.41, 5.74) is 5.86. The molecule has 0 aliphatic carbocycles. The highest BCUT2D eigenvalue weighted by Crippen LogP contribution is 2.42. The monoisotopic (exact) mass is 469 g/mol. The zero-order valence-corrected chi connectivity index (χ0v) is 19.6. The number of benzene rings is 2. The number of hydrogen-bond donors (Lipinski definition) is 1. The van der Waals surface area contributed by atoms with Gasteiger partial charge in [-0.1, -0.05) is 18.2 Å². The Hall–Kier alpha value is -4.04. The summed E-state index contributed by atoms with van der Waals surface area (Å²) < 4.78 is 1.98. The van der Waals surface area contributed by atoms with Crippen LogP contribution < -0.4 is 10.2 Å². The summed E-state index contributed by atoms with van der Waals surface area (Å²) >= 11 is 5.84. The Morgan fingerprint density at radius 1 is 0.971 bits per heavy atom. The Balaban J connectivity index is 1.68. The molecule has 7 nitrogen and oxygen atoms in total. The second-order valence-corrected chi connectivity index (χ2v) is 8.81. The zero-order valence-electron chi connectivity index (χ0n) is 18.8. The van der Waals surface area contributed by atoms with E-state index < -0.39 is 0 Å². The highest BCUT2D eigenvalue weighted by atomic mass is 32.1. The van der Waals surface area contributed by atoms with Gasteiger partial charge >= 0.3 is 0 Å². The normalized spacial score (nSPS) is 17.6. The van der Waals surface area contributed by atoms with Crippen molar-refractivity contribution in [3.8, 4) is 5.69 Å². The number of aromatic nitrogens is 2. The molecule has 0 bridgehead atoms. The van der Waals surface area contributed by atoms with E-state index in [9.17, 15) is 10.1 Å². The maximum atomic E-state index is 11.4. The highest BCUT2D eigenvalue weighted by Gasteiger charge is 2.42. The van der Waals surface area contributed by atoms with Gasteiger partial charge in [0.25, 0.3) is 5.69 Å². The Morgan fingerprint density at radius 2 is 1.76 bits per heavy atom. The summed E-state index contributed by atoms with van der Waals surface area (Å²) in [5.74, 6) is 0. The van der Waals surface area contributed by atoms with E-state index in [1.165, 1.54) is 6.07 Å². The van der Waals surface area contributed by atoms with Crippen LogP contribution in [0.3, 0.4) is 0 Å². The Labute approximate surface area is 202 Å². The van der Waals surface area contributed by atoms with Crippen LogP contribution in [0.5, 0.6) is 0 Å². The summed E-state index contributed by atoms with van der Waals surface area (Å²) in [4.78, 5) is 17.8. The lowest BCUT2D eigenvalue weighted by atomic mass is 10.00. The number of anilines is 1. The van der Waals surface area contributed by atoms with Crippen LogP contribution in [0.15, 0.2) is 85.2 Å². The standard InChI is InChI=1S/C26H23N5O2S/c1-17-13-18(2)15-21(14-17)30-25(24(28-26(30)34)22-9-3-4-11-27-22)23-10-6-12-29(23)19-7-5-8-20(16-19)31(32)33/h3-16,24-25H,1-2H3,(H,28,34)/t24-,25+/m0/s1. The first-order valence-corrected chi connectivity index (χ1v) is 11.3. The van der Waals surface area contributed by atoms with Crippen LogP contribution in [0.2, 0.25) is 0 Å². The minimum absolute atomic E-state index is 0.0460. The molecular formula is C26H23N5O2S. The van der Waals surface area contributed by atoms with Crippen LogP contribution in [0, 0.1) is 24.0 Å². The third-order valence-electron chi connectivity index (χ3n) is 5.98. The highest BCUT2D eigenvalue weighted by molar-refractivity contribution is 7.80. The molecule has 1 N–H and O–H groups in total. The third-order valence-corrected chi connectivity index (χ3v) is 6.30. The van der Waals surface area contributed by atoms with Crippen LogP contribution in [-0.4, -0.2) is 19.6 Å². The fraction of sp³-hybridized carbons (Fsp3) is 0.154. The number of rotatable bonds is 5. The molecule has 2 aromatic heterocycles. The summed E-state index contributed by atoms with van der Waals surface area (Å²) in [5, 5.41) is 15.5. The lowest BCUT2D eigenvalue weighted by molar-refractivity contribution is -0.384. The van der Waals surface area contributed by atoms with E-state index in [2.05, 4.69) is 47.2 Å². The molecule has 8 heteroatoms. The smallest absolute Gasteiger partial charge is 0.271 e. The van der Waals surface area contributed by atoms with Crippen molar-refractivity contribution in [3.63, 3.8) is 0 Å². The Bertz CT molecular complexity index is 1360. The Morgan fingerprint density at radius 3 is 2.47 bits per heavy atom. The molecule has 4 aromatic rings. The summed E-state index contributed by atoms with van der Waals surface area (Å²) in [6.07, 6.45) is 3.70. The van der Waals surface area contributed by atoms with Gasteiger partial charge in [0.05, 0.1) is 22.3 Å². The lowest BCUT2D eigenvalue weighted by Gasteiger charge is -2.29. The second-order valence-electron chi connectivity index (χ2n) is 8.42. The Kier molecular flexibility index (Phi) is 5.59. The van der Waals surface area contributed by atoms with Crippen molar-refractivity contribution in [1.29, 1.82) is 0 Å². The number of nitro groups is 1. The second kappa shape index (κ2) is 8.72. The number of aryl methyl sites for hydroxylation is 2. The van der Waals surface area contributed by atoms with Gasteiger partial charge in [0.15, 0.2) is 5.11 Å². The van der Waals surface area contributed by atoms with Crippen molar-refractivity contribution >= 4 is 28.7 Å². The van der Waals surface area contributed by atoms with E-state index in [1.807, 2.05) is 47.2 Å². The SMILES string of the molecule is Cc1cc(C)cc(N2C(=S)N[C@@H](c3ccccn3)[C@H]2c2cccn2-c2cccc([N+](=O)[O-])c2)c1. The first-order chi connectivity index (χ1) is 16.4. The lowest BCUT2D eigenvalue weighted by Crippen LogP contribution is -2.30. The number of nitro benzene ring substituents is 1. The number of pyridine rings is 1. The van der Waals surface area contributed by atoms with Crippen molar-refractivity contribution in [3.05, 3.63) is 118 Å². The largest absolute Gasteiger partial charge is 0.351 e. The van der Waals surface area contributed by atoms with Gasteiger partial charge in [0.1, 0.15) is 6.04 Å². The molecule has 3 heterocycles. The number of hydrogen-bond acceptors (Lipinski definition) is 4. The molecule has 2 aromatic carbocycles. The van der Waals surface area contributed by atoms with Gasteiger partial charge in [-0.3, -0.25) is 15.1 Å². The van der Waals surface area contributed by atoms with Crippen molar-refractivity contribution in [2.45, 2.75) is 25.9 Å². The average molecular weight is 470 g/mol. The summed E-state index contributed by atoms with van der Waals surface area (Å²) in [7, 11) is 0. The van der Waals surface area contributed by atoms with E-state index in [4.69, 9.17) is 12.2 Å². The molecule has 5 rings (SSSR count). The van der Waals surface area contributed by atoms with Gasteiger partial charge in [-0.15, -0.1) is 0 Å². The van der Waals surface area contributed by atoms with Crippen molar-refractivity contribution in [1.82, 2.24) is 14.9 Å². The molecule has 0 amide bonds. The summed E-state index contributed by atoms with van der Waals surface area (Å²) in [6, 6.07) is 22.4. The van der Waals surface area contributed by atoms with Gasteiger partial charge in [-0.05, 0) is 79.7 Å². The van der Waals surface area contributed by atoms with Crippen molar-refractivity contribution in [2.75, 3.05) is 4.90 Å². The van der Waals surface area contributed by atoms with Crippen molar-refractivity contribution in [2.24, 2.45) is 0 Å². The van der Waals surface area contributed by atoms with Gasteiger partial charge < -0.3 is 14.8 Å². The first-order valence-electron chi connectivity index (χ1n) is 10.9. The molecule has 170 valence electrons. The average Bonchev–Trinajstić information content (AvgIpc) is 3.43. The minimum atomic E-state index is -0.378. The van der Waals surface area contributed by atoms with Crippen LogP contribution >= 0.6 is 12.2 Å². The maximum Gasteiger partial charge on any atom is 0.271 e. The fourth-order valence-electron chi connectivity index (χ4n) is 4.65. The molecule has 0 unspecified atom stereocenters. The molecule has 34 heavy (non-hydrogen) atoms. The molecular weight excluding hydrogens is 446 g/mol. The molecule has 2 atom stereocenters. The van der Waals surface area contributed by atoms with Crippen LogP contribution in [0.4, 0.5) is 11.4 Å². The molecule has 1 aliphatic heterocycles. The van der Waals surface area contributed by atoms with E-state index in [-0.39, 0.29) is 22.7 Å². The summed E-state index contributed by atoms with van der Waals surface area (Å²) in [6.45, 7) is 4.14. The molecule has 1 aliphatic rings. The van der Waals surface area contributed by atoms with Crippen molar-refractivity contribution < 1.29 is 4.92 Å². The van der Waals surface area contributed by atoms with Gasteiger partial charge in [0.2, 0.25) is 0 Å². The minimum Gasteiger partial charge on any atom is -0.351 e. The van der Waals surface area contributed by atoms with E-state index in [1.54, 1.807) is 18.3 Å². The van der Waals surface area contributed by atoms with Gasteiger partial charge in [-0.2, -0.15) is 0 Å². The third kappa shape index (κ3) is 3.92. The molecule has 0 spiro atoms. The number of nitrogens with one attached hydrogen (secondary N) is 1. The van der Waals surface area contributed by atoms with Gasteiger partial charge in [0, 0.05) is 35.9 Å². The molecule has 1 fully saturated rings. The zero-order chi connectivity index (χ0) is 23.8. The predicted octanol–water partition coefficient (Wildman–Crippen LogP) is 5.57. The first kappa shape index (κ1) is 21.8. The molecule has 0 saturated carbocycles. The van der Waals surface area contributed by atoms with Crippen LogP contribution in [-0.2, 0) is 0 Å². The molecule has 1 saturated heterocycles. The van der Waals surface area contributed by atoms with E-state index >= 15 is 0 Å². The van der Waals surface area contributed by atoms with E-state index in [0.717, 1.165) is 28.2 Å². The fourth-order valence-corrected chi connectivity index (χ4v) is 5.00. The van der Waals surface area contributed by atoms with Crippen LogP contribution in [0.1, 0.15) is 34.6 Å². The topological polar surface area (TPSA) is 76.2 Å². The van der Waals surface area contributed by atoms with Gasteiger partial charge in [-0.25, -0.2) is 0 Å². The maximum absolute atomic E-state index is 11.4. The predicted molar refractivity (Wildman–Crippen MR) is 136 cm³/mol. The van der Waals surface area contributed by atoms with Crippen LogP contribution in [0.25, 0.3) is 5.69 Å². The molecule has 0 radical (unpaired) electrons.